The van der Waals surface area contributed by atoms with E-state index in [4.69, 9.17) is 0 Å². The molecule has 0 N–H and O–H groups in total. The van der Waals surface area contributed by atoms with Gasteiger partial charge in [-0.05, 0) is 57.9 Å². The van der Waals surface area contributed by atoms with E-state index in [9.17, 15) is 4.79 Å². The summed E-state index contributed by atoms with van der Waals surface area (Å²) in [4.78, 5) is 13.4. The van der Waals surface area contributed by atoms with Gasteiger partial charge in [-0.25, -0.2) is 0 Å². The predicted molar refractivity (Wildman–Crippen MR) is 81.8 cm³/mol. The Morgan fingerprint density at radius 1 is 1.37 bits per heavy atom. The molecule has 0 amide bonds. The molecule has 1 aromatic rings. The second-order valence-electron chi connectivity index (χ2n) is 6.00. The lowest BCUT2D eigenvalue weighted by Gasteiger charge is -2.47. The summed E-state index contributed by atoms with van der Waals surface area (Å²) < 4.78 is 0. The maximum Gasteiger partial charge on any atom is 0.150 e. The van der Waals surface area contributed by atoms with Crippen LogP contribution in [0.5, 0.6) is 0 Å². The highest BCUT2D eigenvalue weighted by molar-refractivity contribution is 5.86. The van der Waals surface area contributed by atoms with Crippen molar-refractivity contribution >= 4 is 17.5 Å². The number of hydrogen-bond donors (Lipinski definition) is 0. The number of allylic oxidation sites excluding steroid dienone is 1. The second-order valence-corrected chi connectivity index (χ2v) is 6.00. The largest absolute Gasteiger partial charge is 0.360 e. The highest BCUT2D eigenvalue weighted by Crippen LogP contribution is 2.40. The van der Waals surface area contributed by atoms with Crippen LogP contribution in [0.25, 0.3) is 5.57 Å². The third-order valence-electron chi connectivity index (χ3n) is 4.06. The zero-order valence-corrected chi connectivity index (χ0v) is 12.5. The van der Waals surface area contributed by atoms with Gasteiger partial charge in [0.15, 0.2) is 0 Å². The molecule has 0 fully saturated rings. The van der Waals surface area contributed by atoms with Gasteiger partial charge in [-0.1, -0.05) is 13.0 Å². The van der Waals surface area contributed by atoms with Crippen LogP contribution < -0.4 is 4.90 Å². The summed E-state index contributed by atoms with van der Waals surface area (Å²) >= 11 is 0. The molecule has 2 rings (SSSR count). The van der Waals surface area contributed by atoms with E-state index >= 15 is 0 Å². The smallest absolute Gasteiger partial charge is 0.150 e. The Morgan fingerprint density at radius 3 is 2.63 bits per heavy atom. The van der Waals surface area contributed by atoms with Crippen LogP contribution in [0.2, 0.25) is 0 Å². The van der Waals surface area contributed by atoms with Gasteiger partial charge in [0, 0.05) is 22.9 Å². The van der Waals surface area contributed by atoms with Crippen LogP contribution in [0.4, 0.5) is 5.69 Å². The van der Waals surface area contributed by atoms with Crippen molar-refractivity contribution in [3.63, 3.8) is 0 Å². The SMILES string of the molecule is CCC(C)N1c2ccc(C=O)cc2C(C)=CC1(C)C. The van der Waals surface area contributed by atoms with E-state index in [1.54, 1.807) is 0 Å². The van der Waals surface area contributed by atoms with E-state index in [1.165, 1.54) is 16.8 Å². The summed E-state index contributed by atoms with van der Waals surface area (Å²) in [6.07, 6.45) is 4.32. The lowest BCUT2D eigenvalue weighted by Crippen LogP contribution is -2.50. The predicted octanol–water partition coefficient (Wildman–Crippen LogP) is 4.30. The summed E-state index contributed by atoms with van der Waals surface area (Å²) in [5.41, 5.74) is 4.43. The number of hydrogen-bond acceptors (Lipinski definition) is 2. The normalized spacial score (nSPS) is 18.6. The molecule has 102 valence electrons. The van der Waals surface area contributed by atoms with Crippen LogP contribution in [0.1, 0.15) is 57.0 Å². The molecule has 0 saturated carbocycles. The number of rotatable bonds is 3. The summed E-state index contributed by atoms with van der Waals surface area (Å²) in [6, 6.07) is 6.47. The molecule has 1 unspecified atom stereocenters. The van der Waals surface area contributed by atoms with E-state index in [-0.39, 0.29) is 5.54 Å². The van der Waals surface area contributed by atoms with Crippen LogP contribution in [-0.2, 0) is 0 Å². The Bertz CT molecular complexity index is 528. The fraction of sp³-hybridized carbons (Fsp3) is 0.471. The molecule has 0 saturated heterocycles. The van der Waals surface area contributed by atoms with Gasteiger partial charge in [0.05, 0.1) is 5.54 Å². The standard InChI is InChI=1S/C17H23NO/c1-6-13(3)18-16-8-7-14(11-19)9-15(16)12(2)10-17(18,4)5/h7-11,13H,6H2,1-5H3. The highest BCUT2D eigenvalue weighted by atomic mass is 16.1. The first-order valence-corrected chi connectivity index (χ1v) is 6.99. The third-order valence-corrected chi connectivity index (χ3v) is 4.06. The summed E-state index contributed by atoms with van der Waals surface area (Å²) in [6.45, 7) is 11.1. The number of fused-ring (bicyclic) bond motifs is 1. The molecule has 0 aromatic heterocycles. The molecule has 0 aliphatic carbocycles. The van der Waals surface area contributed by atoms with Gasteiger partial charge in [0.25, 0.3) is 0 Å². The Hall–Kier alpha value is -1.57. The van der Waals surface area contributed by atoms with E-state index in [0.29, 0.717) is 6.04 Å². The van der Waals surface area contributed by atoms with Gasteiger partial charge in [-0.3, -0.25) is 4.79 Å². The number of aldehydes is 1. The summed E-state index contributed by atoms with van der Waals surface area (Å²) in [5.74, 6) is 0. The van der Waals surface area contributed by atoms with E-state index in [0.717, 1.165) is 18.3 Å². The van der Waals surface area contributed by atoms with Crippen molar-refractivity contribution in [1.82, 2.24) is 0 Å². The number of nitrogens with zero attached hydrogens (tertiary/aromatic N) is 1. The lowest BCUT2D eigenvalue weighted by molar-refractivity contribution is 0.112. The van der Waals surface area contributed by atoms with Gasteiger partial charge < -0.3 is 4.90 Å². The molecule has 0 radical (unpaired) electrons. The van der Waals surface area contributed by atoms with Crippen molar-refractivity contribution in [2.24, 2.45) is 0 Å². The molecule has 0 bridgehead atoms. The van der Waals surface area contributed by atoms with Crippen molar-refractivity contribution in [3.8, 4) is 0 Å². The van der Waals surface area contributed by atoms with Crippen molar-refractivity contribution in [2.75, 3.05) is 4.90 Å². The fourth-order valence-electron chi connectivity index (χ4n) is 3.13. The van der Waals surface area contributed by atoms with E-state index in [2.05, 4.69) is 51.7 Å². The molecule has 2 nitrogen and oxygen atoms in total. The first-order valence-electron chi connectivity index (χ1n) is 6.99. The number of carbonyl (C=O) groups excluding carboxylic acids is 1. The average molecular weight is 257 g/mol. The van der Waals surface area contributed by atoms with Crippen LogP contribution in [0.3, 0.4) is 0 Å². The van der Waals surface area contributed by atoms with Gasteiger partial charge in [0.2, 0.25) is 0 Å². The minimum atomic E-state index is 0.00913. The monoisotopic (exact) mass is 257 g/mol. The van der Waals surface area contributed by atoms with Crippen molar-refractivity contribution in [2.45, 2.75) is 52.6 Å². The van der Waals surface area contributed by atoms with Crippen molar-refractivity contribution in [3.05, 3.63) is 35.4 Å². The molecule has 1 aliphatic rings. The zero-order chi connectivity index (χ0) is 14.2. The Morgan fingerprint density at radius 2 is 2.05 bits per heavy atom. The van der Waals surface area contributed by atoms with E-state index < -0.39 is 0 Å². The number of benzene rings is 1. The van der Waals surface area contributed by atoms with Crippen LogP contribution in [0.15, 0.2) is 24.3 Å². The fourth-order valence-corrected chi connectivity index (χ4v) is 3.13. The zero-order valence-electron chi connectivity index (χ0n) is 12.5. The van der Waals surface area contributed by atoms with Gasteiger partial charge in [-0.15, -0.1) is 0 Å². The molecule has 19 heavy (non-hydrogen) atoms. The first-order chi connectivity index (χ1) is 8.90. The van der Waals surface area contributed by atoms with Gasteiger partial charge >= 0.3 is 0 Å². The average Bonchev–Trinajstić information content (AvgIpc) is 2.37. The third kappa shape index (κ3) is 2.32. The molecule has 1 aliphatic heterocycles. The molecule has 1 atom stereocenters. The van der Waals surface area contributed by atoms with E-state index in [1.807, 2.05) is 12.1 Å². The maximum atomic E-state index is 11.0. The van der Waals surface area contributed by atoms with Crippen LogP contribution in [-0.4, -0.2) is 17.9 Å². The Kier molecular flexibility index (Phi) is 3.53. The minimum absolute atomic E-state index is 0.00913. The number of anilines is 1. The van der Waals surface area contributed by atoms with Crippen molar-refractivity contribution in [1.29, 1.82) is 0 Å². The minimum Gasteiger partial charge on any atom is -0.360 e. The highest BCUT2D eigenvalue weighted by Gasteiger charge is 2.33. The van der Waals surface area contributed by atoms with Crippen LogP contribution >= 0.6 is 0 Å². The number of carbonyl (C=O) groups is 1. The molecular formula is C17H23NO. The molecule has 0 spiro atoms. The Balaban J connectivity index is 2.62. The molecule has 2 heteroatoms. The maximum absolute atomic E-state index is 11.0. The molecule has 1 aromatic carbocycles. The summed E-state index contributed by atoms with van der Waals surface area (Å²) in [5, 5.41) is 0. The quantitative estimate of drug-likeness (QED) is 0.752. The van der Waals surface area contributed by atoms with Crippen LogP contribution in [0, 0.1) is 0 Å². The summed E-state index contributed by atoms with van der Waals surface area (Å²) in [7, 11) is 0. The topological polar surface area (TPSA) is 20.3 Å². The second kappa shape index (κ2) is 4.84. The van der Waals surface area contributed by atoms with Gasteiger partial charge in [0.1, 0.15) is 6.29 Å². The molecular weight excluding hydrogens is 234 g/mol. The van der Waals surface area contributed by atoms with Crippen molar-refractivity contribution < 1.29 is 4.79 Å². The lowest BCUT2D eigenvalue weighted by atomic mass is 9.86. The van der Waals surface area contributed by atoms with Gasteiger partial charge in [-0.2, -0.15) is 0 Å². The Labute approximate surface area is 116 Å². The first kappa shape index (κ1) is 13.9. The molecule has 1 heterocycles.